The largest absolute Gasteiger partial charge is 0.480 e. The van der Waals surface area contributed by atoms with Crippen molar-refractivity contribution in [3.05, 3.63) is 0 Å². The van der Waals surface area contributed by atoms with Gasteiger partial charge in [0.25, 0.3) is 0 Å². The molecule has 0 aliphatic heterocycles. The van der Waals surface area contributed by atoms with Gasteiger partial charge in [-0.1, -0.05) is 0 Å². The Bertz CT molecular complexity index is 248. The van der Waals surface area contributed by atoms with E-state index in [1.54, 1.807) is 13.8 Å². The molecule has 0 saturated heterocycles. The van der Waals surface area contributed by atoms with Gasteiger partial charge in [-0.25, -0.2) is 0 Å². The summed E-state index contributed by atoms with van der Waals surface area (Å²) in [5.74, 6) is -1.05. The van der Waals surface area contributed by atoms with Crippen LogP contribution in [0.15, 0.2) is 0 Å². The Balaban J connectivity index is 4.03. The van der Waals surface area contributed by atoms with E-state index in [0.29, 0.717) is 19.6 Å². The van der Waals surface area contributed by atoms with E-state index < -0.39 is 19.6 Å². The molecule has 0 aromatic carbocycles. The molecule has 0 radical (unpaired) electrons. The lowest BCUT2D eigenvalue weighted by Gasteiger charge is -2.17. The van der Waals surface area contributed by atoms with Crippen LogP contribution in [0.5, 0.6) is 0 Å². The van der Waals surface area contributed by atoms with Gasteiger partial charge in [-0.15, -0.1) is 0 Å². The maximum atomic E-state index is 11.9. The second-order valence-corrected chi connectivity index (χ2v) is 5.44. The smallest absolute Gasteiger partial charge is 0.330 e. The molecule has 0 rings (SSSR count). The minimum absolute atomic E-state index is 0.204. The summed E-state index contributed by atoms with van der Waals surface area (Å²) in [6, 6.07) is -0.920. The van der Waals surface area contributed by atoms with Crippen molar-refractivity contribution in [3.8, 4) is 0 Å². The molecule has 1 unspecified atom stereocenters. The van der Waals surface area contributed by atoms with Gasteiger partial charge in [-0.2, -0.15) is 0 Å². The quantitative estimate of drug-likeness (QED) is 0.603. The number of carboxylic acid groups (broad SMARTS) is 1. The van der Waals surface area contributed by atoms with Crippen molar-refractivity contribution in [2.45, 2.75) is 32.7 Å². The third kappa shape index (κ3) is 6.23. The van der Waals surface area contributed by atoms with E-state index in [1.807, 2.05) is 0 Å². The van der Waals surface area contributed by atoms with Crippen molar-refractivity contribution in [2.24, 2.45) is 5.73 Å². The van der Waals surface area contributed by atoms with Crippen molar-refractivity contribution in [1.29, 1.82) is 0 Å². The summed E-state index contributed by atoms with van der Waals surface area (Å²) in [4.78, 5) is 10.4. The van der Waals surface area contributed by atoms with Crippen molar-refractivity contribution >= 4 is 13.6 Å². The topological polar surface area (TPSA) is 98.9 Å². The molecule has 16 heavy (non-hydrogen) atoms. The van der Waals surface area contributed by atoms with E-state index in [-0.39, 0.29) is 12.6 Å². The summed E-state index contributed by atoms with van der Waals surface area (Å²) in [5, 5.41) is 8.56. The third-order valence-electron chi connectivity index (χ3n) is 1.92. The highest BCUT2D eigenvalue weighted by atomic mass is 31.2. The summed E-state index contributed by atoms with van der Waals surface area (Å²) in [6.45, 7) is 4.08. The molecule has 0 aliphatic carbocycles. The van der Waals surface area contributed by atoms with Crippen LogP contribution in [0.25, 0.3) is 0 Å². The zero-order valence-corrected chi connectivity index (χ0v) is 10.6. The first-order valence-electron chi connectivity index (χ1n) is 5.31. The lowest BCUT2D eigenvalue weighted by molar-refractivity contribution is -0.138. The van der Waals surface area contributed by atoms with Crippen LogP contribution < -0.4 is 5.73 Å². The zero-order valence-electron chi connectivity index (χ0n) is 9.72. The van der Waals surface area contributed by atoms with E-state index in [1.165, 1.54) is 0 Å². The van der Waals surface area contributed by atoms with E-state index in [4.69, 9.17) is 19.9 Å². The van der Waals surface area contributed by atoms with Crippen LogP contribution >= 0.6 is 7.60 Å². The lowest BCUT2D eigenvalue weighted by atomic mass is 10.2. The van der Waals surface area contributed by atoms with Crippen LogP contribution in [0.3, 0.4) is 0 Å². The number of carbonyl (C=O) groups is 1. The monoisotopic (exact) mass is 253 g/mol. The number of aliphatic carboxylic acids is 1. The minimum atomic E-state index is -3.05. The highest BCUT2D eigenvalue weighted by Gasteiger charge is 2.23. The number of nitrogens with two attached hydrogens (primary N) is 1. The lowest BCUT2D eigenvalue weighted by Crippen LogP contribution is -2.30. The number of carboxylic acids is 1. The Morgan fingerprint density at radius 3 is 2.25 bits per heavy atom. The molecule has 0 amide bonds. The predicted octanol–water partition coefficient (Wildman–Crippen LogP) is 1.44. The van der Waals surface area contributed by atoms with E-state index in [0.717, 1.165) is 0 Å². The molecular weight excluding hydrogens is 233 g/mol. The Morgan fingerprint density at radius 1 is 1.38 bits per heavy atom. The average molecular weight is 253 g/mol. The van der Waals surface area contributed by atoms with Crippen LogP contribution in [0.4, 0.5) is 0 Å². The molecule has 0 heterocycles. The molecule has 3 N–H and O–H groups in total. The highest BCUT2D eigenvalue weighted by molar-refractivity contribution is 7.53. The first-order valence-corrected chi connectivity index (χ1v) is 7.04. The van der Waals surface area contributed by atoms with E-state index >= 15 is 0 Å². The van der Waals surface area contributed by atoms with Gasteiger partial charge < -0.3 is 19.9 Å². The molecule has 6 nitrogen and oxygen atoms in total. The van der Waals surface area contributed by atoms with Crippen LogP contribution in [0.1, 0.15) is 26.7 Å². The maximum absolute atomic E-state index is 11.9. The first kappa shape index (κ1) is 15.6. The fraction of sp³-hybridized carbons (Fsp3) is 0.889. The Kier molecular flexibility index (Phi) is 7.58. The number of hydrogen-bond donors (Lipinski definition) is 2. The summed E-state index contributed by atoms with van der Waals surface area (Å²) in [5.41, 5.74) is 5.32. The molecule has 1 atom stereocenters. The summed E-state index contributed by atoms with van der Waals surface area (Å²) in [7, 11) is -3.05. The summed E-state index contributed by atoms with van der Waals surface area (Å²) in [6.07, 6.45) is 0.875. The van der Waals surface area contributed by atoms with E-state index in [2.05, 4.69) is 0 Å². The third-order valence-corrected chi connectivity index (χ3v) is 4.08. The van der Waals surface area contributed by atoms with Gasteiger partial charge in [0.15, 0.2) is 0 Å². The second kappa shape index (κ2) is 7.79. The molecule has 96 valence electrons. The van der Waals surface area contributed by atoms with Gasteiger partial charge in [0.2, 0.25) is 0 Å². The molecule has 7 heteroatoms. The summed E-state index contributed by atoms with van der Waals surface area (Å²) >= 11 is 0. The van der Waals surface area contributed by atoms with Crippen LogP contribution in [-0.4, -0.2) is 36.5 Å². The van der Waals surface area contributed by atoms with Crippen LogP contribution in [-0.2, 0) is 18.4 Å². The van der Waals surface area contributed by atoms with Gasteiger partial charge in [0.05, 0.1) is 19.4 Å². The normalized spacial score (nSPS) is 13.7. The van der Waals surface area contributed by atoms with Crippen molar-refractivity contribution < 1.29 is 23.5 Å². The van der Waals surface area contributed by atoms with E-state index in [9.17, 15) is 9.36 Å². The Hall–Kier alpha value is -0.420. The molecule has 0 spiro atoms. The predicted molar refractivity (Wildman–Crippen MR) is 60.6 cm³/mol. The average Bonchev–Trinajstić information content (AvgIpc) is 2.17. The fourth-order valence-corrected chi connectivity index (χ4v) is 2.88. The standard InChI is InChI=1S/C9H20NO5P/c1-3-14-16(13,15-4-2)7-5-6-8(10)9(11)12/h8H,3-7,10H2,1-2H3,(H,11,12). The van der Waals surface area contributed by atoms with Crippen molar-refractivity contribution in [1.82, 2.24) is 0 Å². The Labute approximate surface area is 95.6 Å². The van der Waals surface area contributed by atoms with Crippen molar-refractivity contribution in [3.63, 3.8) is 0 Å². The van der Waals surface area contributed by atoms with Gasteiger partial charge in [0, 0.05) is 0 Å². The van der Waals surface area contributed by atoms with Crippen LogP contribution in [0, 0.1) is 0 Å². The number of hydrogen-bond acceptors (Lipinski definition) is 5. The van der Waals surface area contributed by atoms with Crippen molar-refractivity contribution in [2.75, 3.05) is 19.4 Å². The van der Waals surface area contributed by atoms with Gasteiger partial charge >= 0.3 is 13.6 Å². The first-order chi connectivity index (χ1) is 7.45. The highest BCUT2D eigenvalue weighted by Crippen LogP contribution is 2.48. The zero-order chi connectivity index (χ0) is 12.6. The number of rotatable bonds is 9. The molecular formula is C9H20NO5P. The molecule has 0 bridgehead atoms. The Morgan fingerprint density at radius 2 is 1.88 bits per heavy atom. The molecule has 0 aliphatic rings. The van der Waals surface area contributed by atoms with Gasteiger partial charge in [0.1, 0.15) is 6.04 Å². The molecule has 0 saturated carbocycles. The SMILES string of the molecule is CCOP(=O)(CCCC(N)C(=O)O)OCC. The second-order valence-electron chi connectivity index (χ2n) is 3.26. The molecule has 0 aromatic rings. The fourth-order valence-electron chi connectivity index (χ4n) is 1.19. The molecule has 0 fully saturated rings. The van der Waals surface area contributed by atoms with Crippen LogP contribution in [0.2, 0.25) is 0 Å². The maximum Gasteiger partial charge on any atom is 0.330 e. The minimum Gasteiger partial charge on any atom is -0.480 e. The summed E-state index contributed by atoms with van der Waals surface area (Å²) < 4.78 is 22.0. The van der Waals surface area contributed by atoms with Gasteiger partial charge in [-0.3, -0.25) is 9.36 Å². The molecule has 0 aromatic heterocycles. The van der Waals surface area contributed by atoms with Gasteiger partial charge in [-0.05, 0) is 26.7 Å².